The summed E-state index contributed by atoms with van der Waals surface area (Å²) >= 11 is 0. The zero-order valence-corrected chi connectivity index (χ0v) is 9.65. The van der Waals surface area contributed by atoms with Gasteiger partial charge in [-0.3, -0.25) is 0 Å². The summed E-state index contributed by atoms with van der Waals surface area (Å²) in [5.74, 6) is -0.227. The highest BCUT2D eigenvalue weighted by Gasteiger charge is 2.14. The van der Waals surface area contributed by atoms with Crippen LogP contribution in [0.15, 0.2) is 24.3 Å². The second-order valence-electron chi connectivity index (χ2n) is 2.79. The van der Waals surface area contributed by atoms with Gasteiger partial charge in [0, 0.05) is 13.2 Å². The topological polar surface area (TPSA) is 18.5 Å². The van der Waals surface area contributed by atoms with Gasteiger partial charge in [0.1, 0.15) is 5.82 Å². The van der Waals surface area contributed by atoms with Crippen LogP contribution in [0.25, 0.3) is 0 Å². The predicted molar refractivity (Wildman–Crippen MR) is 56.4 cm³/mol. The van der Waals surface area contributed by atoms with Crippen molar-refractivity contribution in [3.05, 3.63) is 30.1 Å². The fourth-order valence-corrected chi connectivity index (χ4v) is 2.76. The Bertz CT molecular complexity index is 257. The van der Waals surface area contributed by atoms with E-state index in [2.05, 4.69) is 0 Å². The first-order valence-corrected chi connectivity index (χ1v) is 6.28. The molecule has 2 nitrogen and oxygen atoms in total. The molecule has 0 amide bonds. The smallest absolute Gasteiger partial charge is 0.355 e. The Morgan fingerprint density at radius 1 is 1.07 bits per heavy atom. The number of hydrogen-bond acceptors (Lipinski definition) is 2. The molecule has 0 aliphatic rings. The van der Waals surface area contributed by atoms with Gasteiger partial charge in [0.05, 0.1) is 0 Å². The SMILES string of the molecule is CCO[SiH](OCC)c1ccc(F)cc1. The second kappa shape index (κ2) is 5.90. The first kappa shape index (κ1) is 11.4. The van der Waals surface area contributed by atoms with Crippen LogP contribution in [0.2, 0.25) is 0 Å². The van der Waals surface area contributed by atoms with Crippen LogP contribution in [0.3, 0.4) is 0 Å². The zero-order valence-electron chi connectivity index (χ0n) is 8.50. The van der Waals surface area contributed by atoms with E-state index >= 15 is 0 Å². The molecule has 1 rings (SSSR count). The second-order valence-corrected chi connectivity index (χ2v) is 4.79. The van der Waals surface area contributed by atoms with Crippen molar-refractivity contribution in [2.45, 2.75) is 13.8 Å². The number of halogens is 1. The number of hydrogen-bond donors (Lipinski definition) is 0. The third-order valence-electron chi connectivity index (χ3n) is 1.78. The highest BCUT2D eigenvalue weighted by molar-refractivity contribution is 6.61. The van der Waals surface area contributed by atoms with Gasteiger partial charge >= 0.3 is 9.28 Å². The summed E-state index contributed by atoms with van der Waals surface area (Å²) in [6.07, 6.45) is 0. The Labute approximate surface area is 85.5 Å². The van der Waals surface area contributed by atoms with E-state index in [1.807, 2.05) is 13.8 Å². The molecule has 0 N–H and O–H groups in total. The van der Waals surface area contributed by atoms with Gasteiger partial charge in [-0.1, -0.05) is 12.1 Å². The number of rotatable bonds is 5. The lowest BCUT2D eigenvalue weighted by atomic mass is 10.3. The van der Waals surface area contributed by atoms with Crippen LogP contribution in [-0.4, -0.2) is 22.5 Å². The summed E-state index contributed by atoms with van der Waals surface area (Å²) in [4.78, 5) is 0. The van der Waals surface area contributed by atoms with Crippen LogP contribution in [0.4, 0.5) is 4.39 Å². The van der Waals surface area contributed by atoms with Gasteiger partial charge in [-0.2, -0.15) is 0 Å². The van der Waals surface area contributed by atoms with E-state index in [1.165, 1.54) is 12.1 Å². The minimum absolute atomic E-state index is 0.227. The van der Waals surface area contributed by atoms with Crippen LogP contribution in [0, 0.1) is 5.82 Å². The van der Waals surface area contributed by atoms with Gasteiger partial charge in [0.15, 0.2) is 0 Å². The van der Waals surface area contributed by atoms with Crippen molar-refractivity contribution >= 4 is 14.5 Å². The van der Waals surface area contributed by atoms with Gasteiger partial charge in [0.25, 0.3) is 0 Å². The molecular weight excluding hydrogens is 199 g/mol. The molecule has 4 heteroatoms. The molecule has 0 aliphatic heterocycles. The van der Waals surface area contributed by atoms with E-state index in [0.29, 0.717) is 13.2 Å². The Morgan fingerprint density at radius 3 is 2.00 bits per heavy atom. The van der Waals surface area contributed by atoms with E-state index in [1.54, 1.807) is 12.1 Å². The van der Waals surface area contributed by atoms with Crippen molar-refractivity contribution in [2.75, 3.05) is 13.2 Å². The quantitative estimate of drug-likeness (QED) is 0.688. The molecule has 0 radical (unpaired) electrons. The minimum atomic E-state index is -1.78. The molecule has 0 saturated carbocycles. The lowest BCUT2D eigenvalue weighted by Crippen LogP contribution is -2.36. The van der Waals surface area contributed by atoms with Crippen molar-refractivity contribution in [1.82, 2.24) is 0 Å². The molecule has 0 bridgehead atoms. The van der Waals surface area contributed by atoms with E-state index in [0.717, 1.165) is 5.19 Å². The molecule has 1 aromatic rings. The molecule has 14 heavy (non-hydrogen) atoms. The first-order valence-electron chi connectivity index (χ1n) is 4.76. The monoisotopic (exact) mass is 214 g/mol. The van der Waals surface area contributed by atoms with Crippen molar-refractivity contribution in [3.63, 3.8) is 0 Å². The fourth-order valence-electron chi connectivity index (χ4n) is 1.16. The maximum Gasteiger partial charge on any atom is 0.355 e. The van der Waals surface area contributed by atoms with Gasteiger partial charge < -0.3 is 8.85 Å². The molecule has 0 unspecified atom stereocenters. The lowest BCUT2D eigenvalue weighted by molar-refractivity contribution is 0.225. The Balaban J connectivity index is 2.71. The average Bonchev–Trinajstić information content (AvgIpc) is 2.19. The standard InChI is InChI=1S/C10H15FO2Si/c1-3-12-14(13-4-2)10-7-5-9(11)6-8-10/h5-8,14H,3-4H2,1-2H3. The van der Waals surface area contributed by atoms with Crippen LogP contribution in [0.5, 0.6) is 0 Å². The van der Waals surface area contributed by atoms with E-state index in [9.17, 15) is 4.39 Å². The average molecular weight is 214 g/mol. The third kappa shape index (κ3) is 3.21. The van der Waals surface area contributed by atoms with Crippen LogP contribution in [-0.2, 0) is 8.85 Å². The third-order valence-corrected chi connectivity index (χ3v) is 3.98. The molecular formula is C10H15FO2Si. The maximum atomic E-state index is 12.7. The predicted octanol–water partition coefficient (Wildman–Crippen LogP) is 1.33. The molecule has 78 valence electrons. The van der Waals surface area contributed by atoms with Crippen molar-refractivity contribution < 1.29 is 13.2 Å². The summed E-state index contributed by atoms with van der Waals surface area (Å²) in [6, 6.07) is 6.34. The zero-order chi connectivity index (χ0) is 10.4. The van der Waals surface area contributed by atoms with Gasteiger partial charge in [-0.15, -0.1) is 0 Å². The normalized spacial score (nSPS) is 10.9. The molecule has 0 spiro atoms. The van der Waals surface area contributed by atoms with Gasteiger partial charge in [-0.05, 0) is 31.2 Å². The maximum absolute atomic E-state index is 12.7. The number of benzene rings is 1. The van der Waals surface area contributed by atoms with Crippen LogP contribution < -0.4 is 5.19 Å². The molecule has 0 aliphatic carbocycles. The molecule has 1 aromatic carbocycles. The summed E-state index contributed by atoms with van der Waals surface area (Å²) < 4.78 is 23.7. The summed E-state index contributed by atoms with van der Waals surface area (Å²) in [5.41, 5.74) is 0. The Hall–Kier alpha value is -0.713. The van der Waals surface area contributed by atoms with Crippen LogP contribution in [0.1, 0.15) is 13.8 Å². The first-order chi connectivity index (χ1) is 6.77. The van der Waals surface area contributed by atoms with Crippen LogP contribution >= 0.6 is 0 Å². The van der Waals surface area contributed by atoms with E-state index in [-0.39, 0.29) is 5.82 Å². The largest absolute Gasteiger partial charge is 0.394 e. The molecule has 0 heterocycles. The highest BCUT2D eigenvalue weighted by atomic mass is 28.3. The van der Waals surface area contributed by atoms with E-state index < -0.39 is 9.28 Å². The molecule has 0 fully saturated rings. The van der Waals surface area contributed by atoms with Crippen molar-refractivity contribution in [1.29, 1.82) is 0 Å². The molecule has 0 aromatic heterocycles. The Kier molecular flexibility index (Phi) is 4.79. The summed E-state index contributed by atoms with van der Waals surface area (Å²) in [6.45, 7) is 5.13. The summed E-state index contributed by atoms with van der Waals surface area (Å²) in [5, 5.41) is 0.982. The van der Waals surface area contributed by atoms with Crippen molar-refractivity contribution in [2.24, 2.45) is 0 Å². The highest BCUT2D eigenvalue weighted by Crippen LogP contribution is 1.97. The fraction of sp³-hybridized carbons (Fsp3) is 0.400. The molecule has 0 atom stereocenters. The van der Waals surface area contributed by atoms with Gasteiger partial charge in [0.2, 0.25) is 0 Å². The van der Waals surface area contributed by atoms with Gasteiger partial charge in [-0.25, -0.2) is 4.39 Å². The van der Waals surface area contributed by atoms with Crippen molar-refractivity contribution in [3.8, 4) is 0 Å². The van der Waals surface area contributed by atoms with E-state index in [4.69, 9.17) is 8.85 Å². The molecule has 0 saturated heterocycles. The minimum Gasteiger partial charge on any atom is -0.394 e. The Morgan fingerprint density at radius 2 is 1.57 bits per heavy atom. The summed E-state index contributed by atoms with van der Waals surface area (Å²) in [7, 11) is -1.78. The lowest BCUT2D eigenvalue weighted by Gasteiger charge is -2.14.